The number of hydrogen-bond acceptors (Lipinski definition) is 4. The minimum Gasteiger partial charge on any atom is -0.325 e. The molecule has 0 aliphatic rings. The molecule has 0 bridgehead atoms. The van der Waals surface area contributed by atoms with Gasteiger partial charge in [-0.15, -0.1) is 5.10 Å². The van der Waals surface area contributed by atoms with Gasteiger partial charge in [0, 0.05) is 12.6 Å². The molecule has 2 aromatic rings. The van der Waals surface area contributed by atoms with Crippen LogP contribution in [-0.4, -0.2) is 25.9 Å². The third-order valence-electron chi connectivity index (χ3n) is 2.34. The van der Waals surface area contributed by atoms with Gasteiger partial charge in [0.05, 0.1) is 24.6 Å². The van der Waals surface area contributed by atoms with Crippen LogP contribution in [0, 0.1) is 6.92 Å². The zero-order chi connectivity index (χ0) is 13.0. The number of hydrogen-bond donors (Lipinski definition) is 1. The number of halogens is 1. The van der Waals surface area contributed by atoms with Crippen molar-refractivity contribution < 1.29 is 4.79 Å². The summed E-state index contributed by atoms with van der Waals surface area (Å²) in [7, 11) is 0. The van der Waals surface area contributed by atoms with Crippen LogP contribution in [0.5, 0.6) is 0 Å². The maximum Gasteiger partial charge on any atom is 0.226 e. The molecule has 18 heavy (non-hydrogen) atoms. The van der Waals surface area contributed by atoms with E-state index in [1.165, 1.54) is 6.20 Å². The van der Waals surface area contributed by atoms with Crippen molar-refractivity contribution >= 4 is 23.2 Å². The number of nitrogens with zero attached hydrogens (tertiary/aromatic N) is 4. The average molecular weight is 266 g/mol. The normalized spacial score (nSPS) is 10.3. The summed E-state index contributed by atoms with van der Waals surface area (Å²) in [5.74, 6) is -0.103. The van der Waals surface area contributed by atoms with Crippen molar-refractivity contribution in [2.45, 2.75) is 19.9 Å². The number of aryl methyl sites for hydroxylation is 2. The molecule has 2 aromatic heterocycles. The van der Waals surface area contributed by atoms with Gasteiger partial charge < -0.3 is 5.32 Å². The molecule has 2 rings (SSSR count). The number of carbonyl (C=O) groups excluding carboxylic acids is 1. The summed E-state index contributed by atoms with van der Waals surface area (Å²) in [6.45, 7) is 2.33. The smallest absolute Gasteiger partial charge is 0.226 e. The predicted octanol–water partition coefficient (Wildman–Crippen LogP) is 1.66. The molecule has 0 radical (unpaired) electrons. The molecule has 7 heteroatoms. The molecule has 0 aliphatic heterocycles. The summed E-state index contributed by atoms with van der Waals surface area (Å²) in [6, 6.07) is 1.78. The fourth-order valence-corrected chi connectivity index (χ4v) is 1.52. The van der Waals surface area contributed by atoms with E-state index in [1.807, 2.05) is 6.92 Å². The molecule has 0 saturated heterocycles. The predicted molar refractivity (Wildman–Crippen MR) is 67.3 cm³/mol. The summed E-state index contributed by atoms with van der Waals surface area (Å²) < 4.78 is 1.60. The Morgan fingerprint density at radius 2 is 2.39 bits per heavy atom. The molecule has 0 fully saturated rings. The number of nitrogens with one attached hydrogen (secondary N) is 1. The van der Waals surface area contributed by atoms with Crippen LogP contribution < -0.4 is 5.32 Å². The molecule has 1 N–H and O–H groups in total. The highest BCUT2D eigenvalue weighted by Gasteiger charge is 2.05. The second kappa shape index (κ2) is 5.59. The van der Waals surface area contributed by atoms with E-state index in [-0.39, 0.29) is 5.91 Å². The molecular weight excluding hydrogens is 254 g/mol. The minimum absolute atomic E-state index is 0.103. The highest BCUT2D eigenvalue weighted by atomic mass is 35.5. The highest BCUT2D eigenvalue weighted by molar-refractivity contribution is 6.30. The number of aromatic nitrogens is 4. The Labute approximate surface area is 109 Å². The molecule has 0 saturated carbocycles. The van der Waals surface area contributed by atoms with Crippen LogP contribution in [0.25, 0.3) is 0 Å². The molecule has 6 nitrogen and oxygen atoms in total. The van der Waals surface area contributed by atoms with Gasteiger partial charge in [0.15, 0.2) is 0 Å². The van der Waals surface area contributed by atoms with Gasteiger partial charge in [-0.05, 0) is 18.6 Å². The highest BCUT2D eigenvalue weighted by Crippen LogP contribution is 2.16. The van der Waals surface area contributed by atoms with Crippen LogP contribution in [0.3, 0.4) is 0 Å². The number of amides is 1. The van der Waals surface area contributed by atoms with Crippen molar-refractivity contribution in [2.24, 2.45) is 0 Å². The van der Waals surface area contributed by atoms with E-state index < -0.39 is 0 Å². The standard InChI is InChI=1S/C11H12ClN5O/c1-8-6-9(7-13-11(8)12)15-10(18)2-4-17-5-3-14-16-17/h3,5-7H,2,4H2,1H3,(H,15,18). The van der Waals surface area contributed by atoms with Crippen LogP contribution in [-0.2, 0) is 11.3 Å². The number of pyridine rings is 1. The van der Waals surface area contributed by atoms with Crippen molar-refractivity contribution in [3.8, 4) is 0 Å². The number of anilines is 1. The van der Waals surface area contributed by atoms with E-state index in [1.54, 1.807) is 23.1 Å². The number of rotatable bonds is 4. The Morgan fingerprint density at radius 3 is 3.06 bits per heavy atom. The molecule has 1 amide bonds. The molecule has 0 unspecified atom stereocenters. The van der Waals surface area contributed by atoms with Crippen LogP contribution in [0.1, 0.15) is 12.0 Å². The van der Waals surface area contributed by atoms with E-state index in [0.29, 0.717) is 23.8 Å². The zero-order valence-corrected chi connectivity index (χ0v) is 10.6. The van der Waals surface area contributed by atoms with Gasteiger partial charge in [-0.3, -0.25) is 9.48 Å². The molecule has 0 atom stereocenters. The second-order valence-electron chi connectivity index (χ2n) is 3.80. The maximum absolute atomic E-state index is 11.7. The Morgan fingerprint density at radius 1 is 1.56 bits per heavy atom. The summed E-state index contributed by atoms with van der Waals surface area (Å²) >= 11 is 5.80. The Balaban J connectivity index is 1.88. The lowest BCUT2D eigenvalue weighted by Crippen LogP contribution is -2.15. The van der Waals surface area contributed by atoms with Crippen molar-refractivity contribution in [2.75, 3.05) is 5.32 Å². The first-order valence-corrected chi connectivity index (χ1v) is 5.79. The van der Waals surface area contributed by atoms with E-state index in [4.69, 9.17) is 11.6 Å². The van der Waals surface area contributed by atoms with Crippen molar-refractivity contribution in [3.63, 3.8) is 0 Å². The topological polar surface area (TPSA) is 72.7 Å². The lowest BCUT2D eigenvalue weighted by molar-refractivity contribution is -0.116. The fourth-order valence-electron chi connectivity index (χ4n) is 1.42. The van der Waals surface area contributed by atoms with Crippen LogP contribution in [0.15, 0.2) is 24.7 Å². The second-order valence-corrected chi connectivity index (χ2v) is 4.15. The summed E-state index contributed by atoms with van der Waals surface area (Å²) in [5.41, 5.74) is 1.46. The SMILES string of the molecule is Cc1cc(NC(=O)CCn2ccnn2)cnc1Cl. The first kappa shape index (κ1) is 12.5. The Hall–Kier alpha value is -1.95. The number of carbonyl (C=O) groups is 1. The van der Waals surface area contributed by atoms with Crippen molar-refractivity contribution in [1.82, 2.24) is 20.0 Å². The van der Waals surface area contributed by atoms with Crippen molar-refractivity contribution in [3.05, 3.63) is 35.4 Å². The van der Waals surface area contributed by atoms with Crippen LogP contribution in [0.4, 0.5) is 5.69 Å². The van der Waals surface area contributed by atoms with Crippen LogP contribution >= 0.6 is 11.6 Å². The first-order chi connectivity index (χ1) is 8.65. The van der Waals surface area contributed by atoms with Crippen LogP contribution in [0.2, 0.25) is 5.15 Å². The molecule has 0 aliphatic carbocycles. The van der Waals surface area contributed by atoms with Gasteiger partial charge in [-0.25, -0.2) is 4.98 Å². The van der Waals surface area contributed by atoms with Crippen molar-refractivity contribution in [1.29, 1.82) is 0 Å². The lowest BCUT2D eigenvalue weighted by atomic mass is 10.3. The summed E-state index contributed by atoms with van der Waals surface area (Å²) in [6.07, 6.45) is 5.14. The van der Waals surface area contributed by atoms with Gasteiger partial charge in [0.2, 0.25) is 5.91 Å². The lowest BCUT2D eigenvalue weighted by Gasteiger charge is -2.06. The molecular formula is C11H12ClN5O. The molecule has 0 aromatic carbocycles. The quantitative estimate of drug-likeness (QED) is 0.854. The Kier molecular flexibility index (Phi) is 3.88. The molecule has 0 spiro atoms. The third kappa shape index (κ3) is 3.27. The van der Waals surface area contributed by atoms with Gasteiger partial charge in [-0.1, -0.05) is 16.8 Å². The monoisotopic (exact) mass is 265 g/mol. The fraction of sp³-hybridized carbons (Fsp3) is 0.273. The third-order valence-corrected chi connectivity index (χ3v) is 2.73. The largest absolute Gasteiger partial charge is 0.325 e. The first-order valence-electron chi connectivity index (χ1n) is 5.41. The van der Waals surface area contributed by atoms with E-state index >= 15 is 0 Å². The molecule has 2 heterocycles. The average Bonchev–Trinajstić information content (AvgIpc) is 2.84. The van der Waals surface area contributed by atoms with E-state index in [9.17, 15) is 4.79 Å². The van der Waals surface area contributed by atoms with Gasteiger partial charge in [0.1, 0.15) is 5.15 Å². The van der Waals surface area contributed by atoms with E-state index in [0.717, 1.165) is 5.56 Å². The zero-order valence-electron chi connectivity index (χ0n) is 9.80. The van der Waals surface area contributed by atoms with Gasteiger partial charge >= 0.3 is 0 Å². The summed E-state index contributed by atoms with van der Waals surface area (Å²) in [5, 5.41) is 10.6. The maximum atomic E-state index is 11.7. The summed E-state index contributed by atoms with van der Waals surface area (Å²) in [4.78, 5) is 15.6. The van der Waals surface area contributed by atoms with E-state index in [2.05, 4.69) is 20.6 Å². The van der Waals surface area contributed by atoms with Gasteiger partial charge in [0.25, 0.3) is 0 Å². The molecule has 94 valence electrons. The minimum atomic E-state index is -0.103. The Bertz CT molecular complexity index is 540. The van der Waals surface area contributed by atoms with Gasteiger partial charge in [-0.2, -0.15) is 0 Å².